The van der Waals surface area contributed by atoms with Crippen LogP contribution in [0.3, 0.4) is 0 Å². The molecule has 0 spiro atoms. The molecular formula is C16H18N4OS. The number of hydrogen-bond donors (Lipinski definition) is 2. The van der Waals surface area contributed by atoms with Gasteiger partial charge >= 0.3 is 6.03 Å². The van der Waals surface area contributed by atoms with Crippen molar-refractivity contribution < 1.29 is 4.79 Å². The van der Waals surface area contributed by atoms with Gasteiger partial charge in [0.25, 0.3) is 0 Å². The average Bonchev–Trinajstić information content (AvgIpc) is 2.93. The fraction of sp³-hybridized carbons (Fsp3) is 0.312. The van der Waals surface area contributed by atoms with E-state index in [1.165, 1.54) is 0 Å². The molecule has 2 atom stereocenters. The Kier molecular flexibility index (Phi) is 5.12. The zero-order valence-corrected chi connectivity index (χ0v) is 13.6. The number of thiazole rings is 1. The summed E-state index contributed by atoms with van der Waals surface area (Å²) in [5.41, 5.74) is 1.48. The topological polar surface area (TPSA) is 77.8 Å². The molecule has 1 aromatic heterocycles. The molecule has 22 heavy (non-hydrogen) atoms. The average molecular weight is 314 g/mol. The van der Waals surface area contributed by atoms with Gasteiger partial charge < -0.3 is 10.6 Å². The molecule has 0 aliphatic heterocycles. The van der Waals surface area contributed by atoms with Gasteiger partial charge in [-0.05, 0) is 38.5 Å². The molecule has 1 heterocycles. The second-order valence-electron chi connectivity index (χ2n) is 5.11. The molecule has 0 bridgehead atoms. The zero-order chi connectivity index (χ0) is 16.1. The van der Waals surface area contributed by atoms with E-state index in [1.54, 1.807) is 29.7 Å². The van der Waals surface area contributed by atoms with Gasteiger partial charge in [0.15, 0.2) is 0 Å². The van der Waals surface area contributed by atoms with Crippen molar-refractivity contribution in [1.29, 1.82) is 5.26 Å². The first-order valence-corrected chi connectivity index (χ1v) is 7.80. The summed E-state index contributed by atoms with van der Waals surface area (Å²) in [5.74, 6) is 0. The Morgan fingerprint density at radius 1 is 1.32 bits per heavy atom. The maximum absolute atomic E-state index is 12.1. The number of benzene rings is 1. The third kappa shape index (κ3) is 4.06. The summed E-state index contributed by atoms with van der Waals surface area (Å²) in [4.78, 5) is 17.4. The highest BCUT2D eigenvalue weighted by Gasteiger charge is 2.15. The van der Waals surface area contributed by atoms with E-state index in [4.69, 9.17) is 5.26 Å². The molecule has 0 saturated carbocycles. The SMILES string of the molecule is Cc1cnc([C@H](C)NC(=O)N[C@@H](C)c2cccc(C#N)c2)s1. The van der Waals surface area contributed by atoms with E-state index in [-0.39, 0.29) is 18.1 Å². The van der Waals surface area contributed by atoms with Crippen LogP contribution in [0.15, 0.2) is 30.5 Å². The first-order chi connectivity index (χ1) is 10.5. The fourth-order valence-corrected chi connectivity index (χ4v) is 2.81. The van der Waals surface area contributed by atoms with E-state index in [0.29, 0.717) is 5.56 Å². The van der Waals surface area contributed by atoms with Crippen LogP contribution < -0.4 is 10.6 Å². The Morgan fingerprint density at radius 3 is 2.68 bits per heavy atom. The summed E-state index contributed by atoms with van der Waals surface area (Å²) in [5, 5.41) is 15.5. The molecule has 1 aromatic carbocycles. The summed E-state index contributed by atoms with van der Waals surface area (Å²) in [6, 6.07) is 8.73. The van der Waals surface area contributed by atoms with Gasteiger partial charge in [-0.25, -0.2) is 9.78 Å². The van der Waals surface area contributed by atoms with Gasteiger partial charge in [-0.3, -0.25) is 0 Å². The molecule has 0 fully saturated rings. The monoisotopic (exact) mass is 314 g/mol. The Bertz CT molecular complexity index is 704. The molecule has 5 nitrogen and oxygen atoms in total. The first-order valence-electron chi connectivity index (χ1n) is 6.99. The van der Waals surface area contributed by atoms with Crippen LogP contribution in [0.5, 0.6) is 0 Å². The van der Waals surface area contributed by atoms with E-state index < -0.39 is 0 Å². The number of carbonyl (C=O) groups is 1. The Labute approximate surface area is 134 Å². The van der Waals surface area contributed by atoms with Crippen LogP contribution in [0.1, 0.15) is 46.9 Å². The lowest BCUT2D eigenvalue weighted by Gasteiger charge is -2.17. The molecule has 0 radical (unpaired) electrons. The van der Waals surface area contributed by atoms with Gasteiger partial charge in [0.1, 0.15) is 5.01 Å². The molecule has 0 aliphatic rings. The van der Waals surface area contributed by atoms with Crippen molar-refractivity contribution in [3.63, 3.8) is 0 Å². The second kappa shape index (κ2) is 7.05. The molecule has 6 heteroatoms. The van der Waals surface area contributed by atoms with Crippen molar-refractivity contribution in [2.75, 3.05) is 0 Å². The molecule has 2 rings (SSSR count). The van der Waals surface area contributed by atoms with Crippen molar-refractivity contribution >= 4 is 17.4 Å². The summed E-state index contributed by atoms with van der Waals surface area (Å²) >= 11 is 1.57. The van der Waals surface area contributed by atoms with E-state index in [0.717, 1.165) is 15.4 Å². The lowest BCUT2D eigenvalue weighted by Crippen LogP contribution is -2.38. The number of carbonyl (C=O) groups excluding carboxylic acids is 1. The lowest BCUT2D eigenvalue weighted by atomic mass is 10.1. The molecule has 2 N–H and O–H groups in total. The normalized spacial score (nSPS) is 13.0. The number of aromatic nitrogens is 1. The van der Waals surface area contributed by atoms with Gasteiger partial charge in [-0.2, -0.15) is 5.26 Å². The van der Waals surface area contributed by atoms with Crippen molar-refractivity contribution in [2.45, 2.75) is 32.9 Å². The number of urea groups is 1. The molecule has 2 aromatic rings. The number of aryl methyl sites for hydroxylation is 1. The standard InChI is InChI=1S/C16H18N4OS/c1-10-9-18-15(22-10)12(3)20-16(21)19-11(2)14-6-4-5-13(7-14)8-17/h4-7,9,11-12H,1-3H3,(H2,19,20,21)/t11-,12-/m0/s1. The summed E-state index contributed by atoms with van der Waals surface area (Å²) in [6.07, 6.45) is 1.80. The number of hydrogen-bond acceptors (Lipinski definition) is 4. The molecule has 2 amide bonds. The van der Waals surface area contributed by atoms with Crippen LogP contribution in [0.25, 0.3) is 0 Å². The third-order valence-corrected chi connectivity index (χ3v) is 4.32. The number of rotatable bonds is 4. The lowest BCUT2D eigenvalue weighted by molar-refractivity contribution is 0.235. The minimum absolute atomic E-state index is 0.142. The highest BCUT2D eigenvalue weighted by atomic mass is 32.1. The Hall–Kier alpha value is -2.39. The highest BCUT2D eigenvalue weighted by Crippen LogP contribution is 2.19. The van der Waals surface area contributed by atoms with Gasteiger partial charge in [-0.1, -0.05) is 12.1 Å². The Balaban J connectivity index is 1.95. The second-order valence-corrected chi connectivity index (χ2v) is 6.37. The van der Waals surface area contributed by atoms with Crippen LogP contribution >= 0.6 is 11.3 Å². The van der Waals surface area contributed by atoms with Crippen molar-refractivity contribution in [3.05, 3.63) is 51.5 Å². The van der Waals surface area contributed by atoms with Gasteiger partial charge in [0.05, 0.1) is 23.7 Å². The number of nitriles is 1. The predicted octanol–water partition coefficient (Wildman–Crippen LogP) is 3.44. The van der Waals surface area contributed by atoms with E-state index >= 15 is 0 Å². The van der Waals surface area contributed by atoms with Crippen molar-refractivity contribution in [2.24, 2.45) is 0 Å². The highest BCUT2D eigenvalue weighted by molar-refractivity contribution is 7.11. The minimum Gasteiger partial charge on any atom is -0.332 e. The molecule has 0 aliphatic carbocycles. The molecular weight excluding hydrogens is 296 g/mol. The first kappa shape index (κ1) is 16.0. The minimum atomic E-state index is -0.254. The van der Waals surface area contributed by atoms with Gasteiger partial charge in [0, 0.05) is 11.1 Å². The van der Waals surface area contributed by atoms with Gasteiger partial charge in [0.2, 0.25) is 0 Å². The summed E-state index contributed by atoms with van der Waals surface area (Å²) in [7, 11) is 0. The summed E-state index contributed by atoms with van der Waals surface area (Å²) < 4.78 is 0. The maximum Gasteiger partial charge on any atom is 0.315 e. The maximum atomic E-state index is 12.1. The molecule has 0 unspecified atom stereocenters. The van der Waals surface area contributed by atoms with Crippen molar-refractivity contribution in [1.82, 2.24) is 15.6 Å². The number of nitrogens with one attached hydrogen (secondary N) is 2. The largest absolute Gasteiger partial charge is 0.332 e. The fourth-order valence-electron chi connectivity index (χ4n) is 2.03. The van der Waals surface area contributed by atoms with Gasteiger partial charge in [-0.15, -0.1) is 11.3 Å². The smallest absolute Gasteiger partial charge is 0.315 e. The van der Waals surface area contributed by atoms with Crippen molar-refractivity contribution in [3.8, 4) is 6.07 Å². The van der Waals surface area contributed by atoms with E-state index in [2.05, 4.69) is 21.7 Å². The van der Waals surface area contributed by atoms with E-state index in [1.807, 2.05) is 32.9 Å². The van der Waals surface area contributed by atoms with Crippen LogP contribution in [0.4, 0.5) is 4.79 Å². The number of amides is 2. The summed E-state index contributed by atoms with van der Waals surface area (Å²) in [6.45, 7) is 5.77. The predicted molar refractivity (Wildman–Crippen MR) is 86.5 cm³/mol. The third-order valence-electron chi connectivity index (χ3n) is 3.22. The van der Waals surface area contributed by atoms with Crippen LogP contribution in [0, 0.1) is 18.3 Å². The molecule has 114 valence electrons. The molecule has 0 saturated heterocycles. The van der Waals surface area contributed by atoms with Crippen LogP contribution in [-0.4, -0.2) is 11.0 Å². The van der Waals surface area contributed by atoms with E-state index in [9.17, 15) is 4.79 Å². The number of nitrogens with zero attached hydrogens (tertiary/aromatic N) is 2. The Morgan fingerprint density at radius 2 is 2.05 bits per heavy atom. The zero-order valence-electron chi connectivity index (χ0n) is 12.8. The quantitative estimate of drug-likeness (QED) is 0.907. The van der Waals surface area contributed by atoms with Crippen LogP contribution in [-0.2, 0) is 0 Å². The van der Waals surface area contributed by atoms with Crippen LogP contribution in [0.2, 0.25) is 0 Å².